The molecule has 1 aromatic heterocycles. The lowest BCUT2D eigenvalue weighted by atomic mass is 10.1. The van der Waals surface area contributed by atoms with Crippen LogP contribution in [0.25, 0.3) is 17.0 Å². The second-order valence-corrected chi connectivity index (χ2v) is 7.38. The van der Waals surface area contributed by atoms with Crippen LogP contribution in [0.15, 0.2) is 41.0 Å². The Bertz CT molecular complexity index is 819. The highest BCUT2D eigenvalue weighted by molar-refractivity contribution is 7.90. The quantitative estimate of drug-likeness (QED) is 0.799. The van der Waals surface area contributed by atoms with Gasteiger partial charge in [-0.05, 0) is 43.2 Å². The second-order valence-electron chi connectivity index (χ2n) is 5.11. The molecule has 1 aromatic carbocycles. The molecular formula is C15H15NO4S. The molecule has 0 spiro atoms. The van der Waals surface area contributed by atoms with Crippen molar-refractivity contribution in [3.05, 3.63) is 42.2 Å². The smallest absolute Gasteiger partial charge is 0.260 e. The highest BCUT2D eigenvalue weighted by Crippen LogP contribution is 2.22. The van der Waals surface area contributed by atoms with Crippen molar-refractivity contribution < 1.29 is 17.6 Å². The Morgan fingerprint density at radius 1 is 1.38 bits per heavy atom. The topological polar surface area (TPSA) is 67.6 Å². The minimum absolute atomic E-state index is 0.257. The Morgan fingerprint density at radius 2 is 2.19 bits per heavy atom. The van der Waals surface area contributed by atoms with Gasteiger partial charge in [-0.2, -0.15) is 0 Å². The number of sulfonamides is 1. The highest BCUT2D eigenvalue weighted by Gasteiger charge is 2.37. The summed E-state index contributed by atoms with van der Waals surface area (Å²) in [4.78, 5) is 12.0. The summed E-state index contributed by atoms with van der Waals surface area (Å²) in [5.41, 5.74) is 1.59. The Hall–Kier alpha value is -2.08. The number of rotatable bonds is 2. The first-order valence-corrected chi connectivity index (χ1v) is 8.19. The SMILES string of the molecule is CC1CCN(C(=O)/C=C/c2ccc3occc3c2)S1(=O)=O. The van der Waals surface area contributed by atoms with Crippen LogP contribution >= 0.6 is 0 Å². The second kappa shape index (κ2) is 5.04. The van der Waals surface area contributed by atoms with Crippen molar-refractivity contribution in [2.75, 3.05) is 6.54 Å². The lowest BCUT2D eigenvalue weighted by Gasteiger charge is -2.13. The third-order valence-electron chi connectivity index (χ3n) is 3.70. The van der Waals surface area contributed by atoms with Gasteiger partial charge in [0.2, 0.25) is 10.0 Å². The predicted octanol–water partition coefficient (Wildman–Crippen LogP) is 2.40. The van der Waals surface area contributed by atoms with E-state index in [1.807, 2.05) is 24.3 Å². The van der Waals surface area contributed by atoms with E-state index in [4.69, 9.17) is 4.42 Å². The number of amides is 1. The molecule has 0 N–H and O–H groups in total. The summed E-state index contributed by atoms with van der Waals surface area (Å²) in [7, 11) is -3.48. The number of hydrogen-bond donors (Lipinski definition) is 0. The zero-order valence-corrected chi connectivity index (χ0v) is 12.3. The molecule has 21 heavy (non-hydrogen) atoms. The maximum absolute atomic E-state index is 12.0. The zero-order valence-electron chi connectivity index (χ0n) is 11.5. The molecule has 5 nitrogen and oxygen atoms in total. The molecule has 1 aliphatic heterocycles. The van der Waals surface area contributed by atoms with E-state index in [1.54, 1.807) is 19.3 Å². The fourth-order valence-corrected chi connectivity index (χ4v) is 3.88. The van der Waals surface area contributed by atoms with Gasteiger partial charge in [0.15, 0.2) is 0 Å². The monoisotopic (exact) mass is 305 g/mol. The average molecular weight is 305 g/mol. The van der Waals surface area contributed by atoms with Crippen LogP contribution in [0, 0.1) is 0 Å². The van der Waals surface area contributed by atoms with Gasteiger partial charge in [-0.1, -0.05) is 6.07 Å². The summed E-state index contributed by atoms with van der Waals surface area (Å²) in [6, 6.07) is 7.34. The summed E-state index contributed by atoms with van der Waals surface area (Å²) < 4.78 is 30.1. The molecule has 0 aliphatic carbocycles. The maximum Gasteiger partial charge on any atom is 0.260 e. The molecule has 1 amide bonds. The van der Waals surface area contributed by atoms with Crippen molar-refractivity contribution in [3.63, 3.8) is 0 Å². The molecule has 0 radical (unpaired) electrons. The third-order valence-corrected chi connectivity index (χ3v) is 5.92. The molecule has 0 saturated carbocycles. The minimum Gasteiger partial charge on any atom is -0.464 e. The number of hydrogen-bond acceptors (Lipinski definition) is 4. The van der Waals surface area contributed by atoms with Gasteiger partial charge in [0.25, 0.3) is 5.91 Å². The molecule has 1 fully saturated rings. The molecular weight excluding hydrogens is 290 g/mol. The maximum atomic E-state index is 12.0. The number of carbonyl (C=O) groups is 1. The largest absolute Gasteiger partial charge is 0.464 e. The number of fused-ring (bicyclic) bond motifs is 1. The third kappa shape index (κ3) is 2.47. The Kier molecular flexibility index (Phi) is 3.33. The van der Waals surface area contributed by atoms with E-state index in [9.17, 15) is 13.2 Å². The van der Waals surface area contributed by atoms with Crippen LogP contribution in [0.1, 0.15) is 18.9 Å². The van der Waals surface area contributed by atoms with Gasteiger partial charge in [-0.25, -0.2) is 12.7 Å². The summed E-state index contributed by atoms with van der Waals surface area (Å²) in [5.74, 6) is -0.494. The molecule has 1 saturated heterocycles. The van der Waals surface area contributed by atoms with E-state index in [2.05, 4.69) is 0 Å². The fourth-order valence-electron chi connectivity index (χ4n) is 2.37. The molecule has 1 atom stereocenters. The van der Waals surface area contributed by atoms with Crippen LogP contribution in [0.4, 0.5) is 0 Å². The average Bonchev–Trinajstić information content (AvgIpc) is 3.01. The Morgan fingerprint density at radius 3 is 2.90 bits per heavy atom. The van der Waals surface area contributed by atoms with Gasteiger partial charge >= 0.3 is 0 Å². The van der Waals surface area contributed by atoms with Crippen molar-refractivity contribution in [2.45, 2.75) is 18.6 Å². The van der Waals surface area contributed by atoms with Gasteiger partial charge in [-0.3, -0.25) is 4.79 Å². The zero-order chi connectivity index (χ0) is 15.0. The van der Waals surface area contributed by atoms with Crippen LogP contribution in [0.5, 0.6) is 0 Å². The van der Waals surface area contributed by atoms with E-state index in [1.165, 1.54) is 6.08 Å². The van der Waals surface area contributed by atoms with Crippen LogP contribution in [0.3, 0.4) is 0 Å². The fraction of sp³-hybridized carbons (Fsp3) is 0.267. The molecule has 6 heteroatoms. The Balaban J connectivity index is 1.81. The minimum atomic E-state index is -3.48. The van der Waals surface area contributed by atoms with E-state index >= 15 is 0 Å². The lowest BCUT2D eigenvalue weighted by molar-refractivity contribution is -0.121. The van der Waals surface area contributed by atoms with Gasteiger partial charge in [0, 0.05) is 18.0 Å². The molecule has 3 rings (SSSR count). The first kappa shape index (κ1) is 13.9. The van der Waals surface area contributed by atoms with Crippen molar-refractivity contribution in [1.82, 2.24) is 4.31 Å². The summed E-state index contributed by atoms with van der Waals surface area (Å²) >= 11 is 0. The van der Waals surface area contributed by atoms with Crippen molar-refractivity contribution in [2.24, 2.45) is 0 Å². The van der Waals surface area contributed by atoms with Gasteiger partial charge < -0.3 is 4.42 Å². The van der Waals surface area contributed by atoms with Crippen molar-refractivity contribution >= 4 is 33.0 Å². The van der Waals surface area contributed by atoms with E-state index in [0.717, 1.165) is 20.8 Å². The van der Waals surface area contributed by atoms with Crippen molar-refractivity contribution in [3.8, 4) is 0 Å². The number of furan rings is 1. The molecule has 1 unspecified atom stereocenters. The summed E-state index contributed by atoms with van der Waals surface area (Å²) in [5, 5.41) is 0.448. The Labute approximate surface area is 122 Å². The first-order valence-electron chi connectivity index (χ1n) is 6.69. The van der Waals surface area contributed by atoms with Crippen LogP contribution < -0.4 is 0 Å². The molecule has 1 aliphatic rings. The standard InChI is InChI=1S/C15H15NO4S/c1-11-6-8-16(21(11,18)19)15(17)5-3-12-2-4-14-13(10-12)7-9-20-14/h2-5,7,9-11H,6,8H2,1H3/b5-3+. The molecule has 0 bridgehead atoms. The lowest BCUT2D eigenvalue weighted by Crippen LogP contribution is -2.32. The van der Waals surface area contributed by atoms with Crippen molar-refractivity contribution in [1.29, 1.82) is 0 Å². The summed E-state index contributed by atoms with van der Waals surface area (Å²) in [6.07, 6.45) is 5.01. The highest BCUT2D eigenvalue weighted by atomic mass is 32.2. The normalized spacial score (nSPS) is 21.4. The van der Waals surface area contributed by atoms with E-state index in [-0.39, 0.29) is 6.54 Å². The molecule has 110 valence electrons. The first-order chi connectivity index (χ1) is 9.98. The van der Waals surface area contributed by atoms with E-state index < -0.39 is 21.2 Å². The van der Waals surface area contributed by atoms with Crippen LogP contribution in [-0.4, -0.2) is 30.4 Å². The summed E-state index contributed by atoms with van der Waals surface area (Å²) in [6.45, 7) is 1.88. The number of carbonyl (C=O) groups excluding carboxylic acids is 1. The predicted molar refractivity (Wildman–Crippen MR) is 80.0 cm³/mol. The number of benzene rings is 1. The van der Waals surface area contributed by atoms with Gasteiger partial charge in [0.1, 0.15) is 5.58 Å². The van der Waals surface area contributed by atoms with Gasteiger partial charge in [0.05, 0.1) is 11.5 Å². The number of nitrogens with zero attached hydrogens (tertiary/aromatic N) is 1. The van der Waals surface area contributed by atoms with Crippen LogP contribution in [-0.2, 0) is 14.8 Å². The molecule has 2 aromatic rings. The van der Waals surface area contributed by atoms with Gasteiger partial charge in [-0.15, -0.1) is 0 Å². The molecule has 2 heterocycles. The van der Waals surface area contributed by atoms with E-state index in [0.29, 0.717) is 6.42 Å². The van der Waals surface area contributed by atoms with Crippen LogP contribution in [0.2, 0.25) is 0 Å².